The van der Waals surface area contributed by atoms with Gasteiger partial charge in [0.15, 0.2) is 9.84 Å². The molecule has 1 saturated heterocycles. The number of benzene rings is 1. The Kier molecular flexibility index (Phi) is 5.38. The molecule has 22 heavy (non-hydrogen) atoms. The van der Waals surface area contributed by atoms with Crippen LogP contribution in [-0.2, 0) is 21.2 Å². The van der Waals surface area contributed by atoms with E-state index in [9.17, 15) is 13.2 Å². The fraction of sp³-hybridized carbons (Fsp3) is 0.500. The van der Waals surface area contributed by atoms with Crippen LogP contribution in [0.2, 0.25) is 0 Å². The molecule has 0 spiro atoms. The van der Waals surface area contributed by atoms with Gasteiger partial charge < -0.3 is 20.1 Å². The van der Waals surface area contributed by atoms with E-state index in [0.29, 0.717) is 32.8 Å². The molecule has 0 unspecified atom stereocenters. The summed E-state index contributed by atoms with van der Waals surface area (Å²) in [6.07, 6.45) is 0.254. The number of sulfone groups is 1. The molecular weight excluding hydrogens is 308 g/mol. The van der Waals surface area contributed by atoms with Crippen molar-refractivity contribution in [2.24, 2.45) is 0 Å². The summed E-state index contributed by atoms with van der Waals surface area (Å²) in [5.41, 5.74) is 0.873. The molecule has 1 atom stereocenters. The quantitative estimate of drug-likeness (QED) is 0.820. The van der Waals surface area contributed by atoms with Crippen molar-refractivity contribution in [3.8, 4) is 0 Å². The van der Waals surface area contributed by atoms with Crippen molar-refractivity contribution in [2.45, 2.75) is 17.5 Å². The Morgan fingerprint density at radius 3 is 2.68 bits per heavy atom. The average molecular weight is 328 g/mol. The van der Waals surface area contributed by atoms with Crippen molar-refractivity contribution in [3.63, 3.8) is 0 Å². The average Bonchev–Trinajstić information content (AvgIpc) is 2.47. The number of nitrogens with zero attached hydrogens (tertiary/aromatic N) is 1. The van der Waals surface area contributed by atoms with E-state index >= 15 is 0 Å². The molecule has 1 aliphatic heterocycles. The van der Waals surface area contributed by atoms with Gasteiger partial charge >= 0.3 is 6.09 Å². The highest BCUT2D eigenvalue weighted by Crippen LogP contribution is 2.11. The van der Waals surface area contributed by atoms with E-state index in [4.69, 9.17) is 9.84 Å². The first-order chi connectivity index (χ1) is 10.4. The summed E-state index contributed by atoms with van der Waals surface area (Å²) >= 11 is 0. The number of hydrogen-bond donors (Lipinski definition) is 2. The van der Waals surface area contributed by atoms with Crippen LogP contribution in [-0.4, -0.2) is 63.1 Å². The van der Waals surface area contributed by atoms with Crippen molar-refractivity contribution in [1.29, 1.82) is 0 Å². The molecule has 0 aromatic heterocycles. The highest BCUT2D eigenvalue weighted by Gasteiger charge is 2.22. The molecule has 0 saturated carbocycles. The van der Waals surface area contributed by atoms with Crippen molar-refractivity contribution in [1.82, 2.24) is 10.2 Å². The molecule has 1 fully saturated rings. The summed E-state index contributed by atoms with van der Waals surface area (Å²) in [7, 11) is -3.18. The summed E-state index contributed by atoms with van der Waals surface area (Å²) in [6.45, 7) is 2.26. The third-order valence-corrected chi connectivity index (χ3v) is 4.59. The molecule has 2 N–H and O–H groups in total. The van der Waals surface area contributed by atoms with Crippen LogP contribution in [0.1, 0.15) is 5.56 Å². The minimum atomic E-state index is -3.18. The van der Waals surface area contributed by atoms with E-state index in [0.717, 1.165) is 5.56 Å². The summed E-state index contributed by atoms with van der Waals surface area (Å²) in [5.74, 6) is 0. The lowest BCUT2D eigenvalue weighted by Gasteiger charge is -2.31. The number of ether oxygens (including phenoxy) is 1. The van der Waals surface area contributed by atoms with Crippen LogP contribution < -0.4 is 5.32 Å². The van der Waals surface area contributed by atoms with E-state index in [2.05, 4.69) is 5.32 Å². The molecule has 1 amide bonds. The second-order valence-corrected chi connectivity index (χ2v) is 7.33. The van der Waals surface area contributed by atoms with Gasteiger partial charge in [-0.3, -0.25) is 0 Å². The van der Waals surface area contributed by atoms with Crippen molar-refractivity contribution in [3.05, 3.63) is 29.8 Å². The van der Waals surface area contributed by atoms with Gasteiger partial charge in [0.05, 0.1) is 18.1 Å². The standard InChI is InChI=1S/C14H20N2O5S/c1-22(19,20)13-4-2-11(3-5-13)9-21-10-12-8-16(14(17)18)7-6-15-12/h2-5,12,15H,6-10H2,1H3,(H,17,18)/t12-/m0/s1. The number of hydrogen-bond acceptors (Lipinski definition) is 5. The van der Waals surface area contributed by atoms with Gasteiger partial charge in [-0.15, -0.1) is 0 Å². The predicted molar refractivity (Wildman–Crippen MR) is 80.6 cm³/mol. The van der Waals surface area contributed by atoms with Crippen LogP contribution in [0.15, 0.2) is 29.2 Å². The fourth-order valence-electron chi connectivity index (χ4n) is 2.26. The van der Waals surface area contributed by atoms with Crippen molar-refractivity contribution < 1.29 is 23.1 Å². The first-order valence-electron chi connectivity index (χ1n) is 6.94. The summed E-state index contributed by atoms with van der Waals surface area (Å²) in [6, 6.07) is 6.51. The molecule has 0 aliphatic carbocycles. The van der Waals surface area contributed by atoms with Gasteiger partial charge in [-0.1, -0.05) is 12.1 Å². The number of amides is 1. The summed E-state index contributed by atoms with van der Waals surface area (Å²) in [5, 5.41) is 12.2. The number of piperazine rings is 1. The molecule has 0 radical (unpaired) electrons. The highest BCUT2D eigenvalue weighted by atomic mass is 32.2. The lowest BCUT2D eigenvalue weighted by atomic mass is 10.2. The van der Waals surface area contributed by atoms with E-state index in [1.165, 1.54) is 11.2 Å². The Morgan fingerprint density at radius 1 is 1.41 bits per heavy atom. The minimum absolute atomic E-state index is 0.0276. The summed E-state index contributed by atoms with van der Waals surface area (Å²) in [4.78, 5) is 12.6. The molecule has 1 aromatic carbocycles. The molecule has 8 heteroatoms. The Labute approximate surface area is 129 Å². The Bertz CT molecular complexity index is 615. The Hall–Kier alpha value is -1.64. The zero-order chi connectivity index (χ0) is 16.2. The molecule has 1 aromatic rings. The van der Waals surface area contributed by atoms with Gasteiger partial charge in [0.25, 0.3) is 0 Å². The molecule has 122 valence electrons. The lowest BCUT2D eigenvalue weighted by molar-refractivity contribution is 0.0697. The number of nitrogens with one attached hydrogen (secondary N) is 1. The van der Waals surface area contributed by atoms with Gasteiger partial charge in [0.2, 0.25) is 0 Å². The van der Waals surface area contributed by atoms with Gasteiger partial charge in [0.1, 0.15) is 0 Å². The summed E-state index contributed by atoms with van der Waals surface area (Å²) < 4.78 is 28.3. The maximum absolute atomic E-state index is 11.4. The van der Waals surface area contributed by atoms with E-state index in [1.807, 2.05) is 0 Å². The van der Waals surface area contributed by atoms with Gasteiger partial charge in [-0.2, -0.15) is 0 Å². The van der Waals surface area contributed by atoms with E-state index in [-0.39, 0.29) is 10.9 Å². The van der Waals surface area contributed by atoms with Crippen LogP contribution in [0.3, 0.4) is 0 Å². The SMILES string of the molecule is CS(=O)(=O)c1ccc(COC[C@@H]2CN(C(=O)O)CCN2)cc1. The van der Waals surface area contributed by atoms with Crippen molar-refractivity contribution >= 4 is 15.9 Å². The molecule has 1 aliphatic rings. The maximum Gasteiger partial charge on any atom is 0.407 e. The van der Waals surface area contributed by atoms with E-state index < -0.39 is 15.9 Å². The smallest absolute Gasteiger partial charge is 0.407 e. The first-order valence-corrected chi connectivity index (χ1v) is 8.83. The topological polar surface area (TPSA) is 95.9 Å². The number of rotatable bonds is 5. The molecule has 1 heterocycles. The minimum Gasteiger partial charge on any atom is -0.465 e. The second kappa shape index (κ2) is 7.08. The zero-order valence-corrected chi connectivity index (χ0v) is 13.2. The molecule has 7 nitrogen and oxygen atoms in total. The van der Waals surface area contributed by atoms with Crippen LogP contribution in [0, 0.1) is 0 Å². The largest absolute Gasteiger partial charge is 0.465 e. The number of carbonyl (C=O) groups is 1. The second-order valence-electron chi connectivity index (χ2n) is 5.31. The zero-order valence-electron chi connectivity index (χ0n) is 12.4. The molecular formula is C14H20N2O5S. The Morgan fingerprint density at radius 2 is 2.09 bits per heavy atom. The van der Waals surface area contributed by atoms with Crippen LogP contribution in [0.5, 0.6) is 0 Å². The predicted octanol–water partition coefficient (Wildman–Crippen LogP) is 0.559. The highest BCUT2D eigenvalue weighted by molar-refractivity contribution is 7.90. The normalized spacial score (nSPS) is 19.1. The van der Waals surface area contributed by atoms with E-state index in [1.54, 1.807) is 24.3 Å². The fourth-order valence-corrected chi connectivity index (χ4v) is 2.89. The number of carboxylic acid groups (broad SMARTS) is 1. The molecule has 0 bridgehead atoms. The lowest BCUT2D eigenvalue weighted by Crippen LogP contribution is -2.53. The van der Waals surface area contributed by atoms with Gasteiger partial charge in [-0.25, -0.2) is 13.2 Å². The van der Waals surface area contributed by atoms with Gasteiger partial charge in [0, 0.05) is 31.9 Å². The van der Waals surface area contributed by atoms with Crippen LogP contribution >= 0.6 is 0 Å². The van der Waals surface area contributed by atoms with Gasteiger partial charge in [-0.05, 0) is 17.7 Å². The first kappa shape index (κ1) is 16.7. The van der Waals surface area contributed by atoms with Crippen LogP contribution in [0.25, 0.3) is 0 Å². The van der Waals surface area contributed by atoms with Crippen molar-refractivity contribution in [2.75, 3.05) is 32.5 Å². The Balaban J connectivity index is 1.80. The monoisotopic (exact) mass is 328 g/mol. The molecule has 2 rings (SSSR count). The maximum atomic E-state index is 11.4. The third kappa shape index (κ3) is 4.69. The third-order valence-electron chi connectivity index (χ3n) is 3.47. The van der Waals surface area contributed by atoms with Crippen LogP contribution in [0.4, 0.5) is 4.79 Å².